The number of carboxylic acids is 1. The summed E-state index contributed by atoms with van der Waals surface area (Å²) >= 11 is 0. The maximum absolute atomic E-state index is 13.0. The molecule has 0 aliphatic carbocycles. The molecule has 388 valence electrons. The second kappa shape index (κ2) is 44.6. The predicted molar refractivity (Wildman–Crippen MR) is 275 cm³/mol. The minimum atomic E-state index is -1.93. The van der Waals surface area contributed by atoms with Gasteiger partial charge in [0.2, 0.25) is 0 Å². The van der Waals surface area contributed by atoms with Crippen LogP contribution in [0, 0.1) is 0 Å². The van der Waals surface area contributed by atoms with E-state index in [1.807, 2.05) is 12.2 Å². The first kappa shape index (κ1) is 62.4. The summed E-state index contributed by atoms with van der Waals surface area (Å²) in [6.45, 7) is 5.58. The summed E-state index contributed by atoms with van der Waals surface area (Å²) in [5.41, 5.74) is 0. The molecule has 3 N–H and O–H groups in total. The monoisotopic (exact) mass is 965 g/mol. The van der Waals surface area contributed by atoms with Crippen molar-refractivity contribution in [1.82, 2.24) is 0 Å². The lowest BCUT2D eigenvalue weighted by atomic mass is 9.98. The van der Waals surface area contributed by atoms with E-state index in [9.17, 15) is 34.5 Å². The molecular formula is C57H88O12. The van der Waals surface area contributed by atoms with Crippen molar-refractivity contribution < 1.29 is 58.2 Å². The van der Waals surface area contributed by atoms with E-state index in [4.69, 9.17) is 23.7 Å². The van der Waals surface area contributed by atoms with Crippen molar-refractivity contribution in [2.75, 3.05) is 13.2 Å². The lowest BCUT2D eigenvalue weighted by Gasteiger charge is -2.40. The zero-order chi connectivity index (χ0) is 50.4. The molecule has 6 atom stereocenters. The van der Waals surface area contributed by atoms with Gasteiger partial charge in [-0.25, -0.2) is 4.79 Å². The van der Waals surface area contributed by atoms with E-state index in [1.165, 1.54) is 12.8 Å². The molecule has 1 aliphatic heterocycles. The van der Waals surface area contributed by atoms with E-state index in [-0.39, 0.29) is 25.9 Å². The van der Waals surface area contributed by atoms with Gasteiger partial charge in [-0.3, -0.25) is 14.4 Å². The molecule has 1 rings (SSSR count). The quantitative estimate of drug-likeness (QED) is 0.0229. The number of hydrogen-bond donors (Lipinski definition) is 3. The van der Waals surface area contributed by atoms with Crippen LogP contribution in [0.1, 0.15) is 175 Å². The van der Waals surface area contributed by atoms with Gasteiger partial charge in [0, 0.05) is 19.3 Å². The Morgan fingerprint density at radius 3 is 1.49 bits per heavy atom. The normalized spacial score (nSPS) is 19.6. The lowest BCUT2D eigenvalue weighted by Crippen LogP contribution is -2.61. The molecule has 0 aromatic rings. The van der Waals surface area contributed by atoms with E-state index in [0.29, 0.717) is 25.7 Å². The molecule has 12 heteroatoms. The van der Waals surface area contributed by atoms with Gasteiger partial charge in [-0.1, -0.05) is 162 Å². The molecule has 0 aromatic carbocycles. The first-order chi connectivity index (χ1) is 33.6. The van der Waals surface area contributed by atoms with Gasteiger partial charge in [0.15, 0.2) is 24.6 Å². The first-order valence-electron chi connectivity index (χ1n) is 25.9. The number of aliphatic hydroxyl groups is 2. The summed E-state index contributed by atoms with van der Waals surface area (Å²) in [6, 6.07) is 0. The molecule has 1 heterocycles. The third-order valence-corrected chi connectivity index (χ3v) is 10.8. The number of aliphatic hydroxyl groups excluding tert-OH is 2. The van der Waals surface area contributed by atoms with Gasteiger partial charge in [-0.15, -0.1) is 0 Å². The summed E-state index contributed by atoms with van der Waals surface area (Å²) in [5, 5.41) is 31.3. The molecular weight excluding hydrogens is 877 g/mol. The predicted octanol–water partition coefficient (Wildman–Crippen LogP) is 12.3. The molecule has 0 saturated carbocycles. The number of ether oxygens (including phenoxy) is 5. The molecule has 0 spiro atoms. The minimum absolute atomic E-state index is 0.00485. The molecule has 0 radical (unpaired) electrons. The number of rotatable bonds is 41. The van der Waals surface area contributed by atoms with E-state index in [1.54, 1.807) is 0 Å². The van der Waals surface area contributed by atoms with Crippen molar-refractivity contribution >= 4 is 23.9 Å². The number of unbranched alkanes of at least 4 members (excludes halogenated alkanes) is 9. The highest BCUT2D eigenvalue weighted by molar-refractivity contribution is 5.74. The molecule has 1 aliphatic rings. The van der Waals surface area contributed by atoms with Crippen LogP contribution < -0.4 is 0 Å². The summed E-state index contributed by atoms with van der Waals surface area (Å²) in [7, 11) is 0. The molecule has 6 unspecified atom stereocenters. The van der Waals surface area contributed by atoms with Crippen LogP contribution in [-0.2, 0) is 42.9 Å². The standard InChI is InChI=1S/C57H88O12/c1-4-7-10-13-16-19-22-24-25-27-30-33-36-39-42-45-51(60)68-55-53(62)52(61)54(56(63)64)69-57(55)66-47-48(67-50(59)44-41-38-35-32-28-21-18-15-12-9-6-3)46-65-49(58)43-40-37-34-31-29-26-23-20-17-14-11-8-5-2/h7-8,10-11,15-20,24-26,29-30,33-34,37,48,52-55,57,61-62H,4-6,9,12-14,21-23,27-28,31-32,35-36,38-47H2,1-3H3,(H,63,64)/b10-7-,11-8-,18-15-,19-16-,20-17-,25-24-,29-26-,33-30-,37-34-. The van der Waals surface area contributed by atoms with Gasteiger partial charge < -0.3 is 39.0 Å². The van der Waals surface area contributed by atoms with Gasteiger partial charge >= 0.3 is 23.9 Å². The van der Waals surface area contributed by atoms with Crippen molar-refractivity contribution in [1.29, 1.82) is 0 Å². The topological polar surface area (TPSA) is 175 Å². The number of hydrogen-bond acceptors (Lipinski definition) is 11. The van der Waals surface area contributed by atoms with Gasteiger partial charge in [0.25, 0.3) is 0 Å². The number of allylic oxidation sites excluding steroid dienone is 18. The lowest BCUT2D eigenvalue weighted by molar-refractivity contribution is -0.301. The van der Waals surface area contributed by atoms with Crippen LogP contribution in [-0.4, -0.2) is 89.2 Å². The van der Waals surface area contributed by atoms with Crippen molar-refractivity contribution in [3.8, 4) is 0 Å². The Hall–Kier alpha value is -4.62. The van der Waals surface area contributed by atoms with Crippen LogP contribution in [0.2, 0.25) is 0 Å². The van der Waals surface area contributed by atoms with Crippen molar-refractivity contribution in [3.05, 3.63) is 109 Å². The fourth-order valence-corrected chi connectivity index (χ4v) is 6.88. The number of carbonyl (C=O) groups is 4. The van der Waals surface area contributed by atoms with Crippen LogP contribution >= 0.6 is 0 Å². The molecule has 1 fully saturated rings. The Morgan fingerprint density at radius 1 is 0.493 bits per heavy atom. The van der Waals surface area contributed by atoms with Crippen molar-refractivity contribution in [2.45, 2.75) is 212 Å². The maximum atomic E-state index is 13.0. The Morgan fingerprint density at radius 2 is 0.942 bits per heavy atom. The zero-order valence-corrected chi connectivity index (χ0v) is 42.3. The third-order valence-electron chi connectivity index (χ3n) is 10.8. The van der Waals surface area contributed by atoms with E-state index < -0.39 is 67.3 Å². The summed E-state index contributed by atoms with van der Waals surface area (Å²) in [6.07, 6.45) is 46.7. The van der Waals surface area contributed by atoms with Crippen LogP contribution in [0.5, 0.6) is 0 Å². The first-order valence-corrected chi connectivity index (χ1v) is 25.9. The number of esters is 3. The molecule has 0 amide bonds. The Kier molecular flexibility index (Phi) is 40.3. The number of carboxylic acid groups (broad SMARTS) is 1. The second-order valence-electron chi connectivity index (χ2n) is 17.0. The molecule has 0 aromatic heterocycles. The SMILES string of the molecule is CC/C=C\C/C=C\C/C=C\C/C=C\CCCCC(=O)OC1C(OCC(COC(=O)CC/C=C\C/C=C\C/C=C\C/C=C\CC)OC(=O)CCCCCCC/C=C\CCCC)OC(C(=O)O)C(O)C1O. The fraction of sp³-hybridized carbons (Fsp3) is 0.614. The Labute approximate surface area is 415 Å². The van der Waals surface area contributed by atoms with E-state index >= 15 is 0 Å². The van der Waals surface area contributed by atoms with Crippen LogP contribution in [0.15, 0.2) is 109 Å². The highest BCUT2D eigenvalue weighted by Gasteiger charge is 2.50. The molecule has 12 nitrogen and oxygen atoms in total. The number of aliphatic carboxylic acids is 1. The highest BCUT2D eigenvalue weighted by atomic mass is 16.7. The summed E-state index contributed by atoms with van der Waals surface area (Å²) in [4.78, 5) is 50.8. The largest absolute Gasteiger partial charge is 0.479 e. The zero-order valence-electron chi connectivity index (χ0n) is 42.3. The summed E-state index contributed by atoms with van der Waals surface area (Å²) in [5.74, 6) is -3.32. The number of carbonyl (C=O) groups excluding carboxylic acids is 3. The van der Waals surface area contributed by atoms with Crippen molar-refractivity contribution in [3.63, 3.8) is 0 Å². The van der Waals surface area contributed by atoms with Crippen LogP contribution in [0.4, 0.5) is 0 Å². The molecule has 1 saturated heterocycles. The average molecular weight is 965 g/mol. The average Bonchev–Trinajstić information content (AvgIpc) is 3.33. The fourth-order valence-electron chi connectivity index (χ4n) is 6.88. The van der Waals surface area contributed by atoms with Gasteiger partial charge in [0.1, 0.15) is 18.8 Å². The van der Waals surface area contributed by atoms with E-state index in [2.05, 4.69) is 118 Å². The minimum Gasteiger partial charge on any atom is -0.479 e. The van der Waals surface area contributed by atoms with Crippen molar-refractivity contribution in [2.24, 2.45) is 0 Å². The van der Waals surface area contributed by atoms with Gasteiger partial charge in [-0.2, -0.15) is 0 Å². The second-order valence-corrected chi connectivity index (χ2v) is 17.0. The van der Waals surface area contributed by atoms with Crippen LogP contribution in [0.3, 0.4) is 0 Å². The van der Waals surface area contributed by atoms with Gasteiger partial charge in [-0.05, 0) is 103 Å². The molecule has 69 heavy (non-hydrogen) atoms. The Balaban J connectivity index is 2.81. The summed E-state index contributed by atoms with van der Waals surface area (Å²) < 4.78 is 28.1. The van der Waals surface area contributed by atoms with Gasteiger partial charge in [0.05, 0.1) is 6.61 Å². The maximum Gasteiger partial charge on any atom is 0.335 e. The third kappa shape index (κ3) is 35.2. The molecule has 0 bridgehead atoms. The van der Waals surface area contributed by atoms with E-state index in [0.717, 1.165) is 96.3 Å². The Bertz CT molecular complexity index is 1620. The smallest absolute Gasteiger partial charge is 0.335 e. The highest BCUT2D eigenvalue weighted by Crippen LogP contribution is 2.26. The van der Waals surface area contributed by atoms with Crippen LogP contribution in [0.25, 0.3) is 0 Å².